The first-order chi connectivity index (χ1) is 8.20. The van der Waals surface area contributed by atoms with E-state index in [2.05, 4.69) is 31.2 Å². The van der Waals surface area contributed by atoms with E-state index in [0.29, 0.717) is 5.02 Å². The Kier molecular flexibility index (Phi) is 3.97. The Morgan fingerprint density at radius 1 is 1.06 bits per heavy atom. The van der Waals surface area contributed by atoms with Gasteiger partial charge in [0.1, 0.15) is 5.75 Å². The van der Waals surface area contributed by atoms with Gasteiger partial charge in [-0.1, -0.05) is 36.7 Å². The number of phenols is 1. The smallest absolute Gasteiger partial charge is 0.134 e. The van der Waals surface area contributed by atoms with E-state index in [-0.39, 0.29) is 5.75 Å². The summed E-state index contributed by atoms with van der Waals surface area (Å²) >= 11 is 7.60. The monoisotopic (exact) mass is 264 g/mol. The highest BCUT2D eigenvalue weighted by Crippen LogP contribution is 2.30. The van der Waals surface area contributed by atoms with E-state index < -0.39 is 0 Å². The lowest BCUT2D eigenvalue weighted by Crippen LogP contribution is -1.79. The Balaban J connectivity index is 2.30. The summed E-state index contributed by atoms with van der Waals surface area (Å²) < 4.78 is 0. The number of thioether (sulfide) groups is 1. The van der Waals surface area contributed by atoms with E-state index in [4.69, 9.17) is 11.6 Å². The van der Waals surface area contributed by atoms with Crippen molar-refractivity contribution in [3.63, 3.8) is 0 Å². The number of halogens is 1. The van der Waals surface area contributed by atoms with Crippen LogP contribution in [0.25, 0.3) is 11.1 Å². The van der Waals surface area contributed by atoms with Crippen LogP contribution in [-0.2, 0) is 0 Å². The quantitative estimate of drug-likeness (QED) is 0.802. The van der Waals surface area contributed by atoms with E-state index in [1.54, 1.807) is 12.1 Å². The Labute approximate surface area is 110 Å². The van der Waals surface area contributed by atoms with Crippen molar-refractivity contribution in [3.05, 3.63) is 47.5 Å². The summed E-state index contributed by atoms with van der Waals surface area (Å²) in [5.41, 5.74) is 2.05. The van der Waals surface area contributed by atoms with Gasteiger partial charge in [-0.2, -0.15) is 0 Å². The molecule has 0 aliphatic heterocycles. The van der Waals surface area contributed by atoms with Gasteiger partial charge in [-0.3, -0.25) is 0 Å². The Morgan fingerprint density at radius 2 is 1.71 bits per heavy atom. The SMILES string of the molecule is CCSc1ccc(-c2ccc(Cl)c(O)c2)cc1. The van der Waals surface area contributed by atoms with Crippen molar-refractivity contribution in [2.24, 2.45) is 0 Å². The van der Waals surface area contributed by atoms with E-state index >= 15 is 0 Å². The molecule has 88 valence electrons. The van der Waals surface area contributed by atoms with Crippen LogP contribution in [0.3, 0.4) is 0 Å². The normalized spacial score (nSPS) is 10.5. The van der Waals surface area contributed by atoms with Crippen LogP contribution < -0.4 is 0 Å². The molecule has 0 spiro atoms. The van der Waals surface area contributed by atoms with Gasteiger partial charge < -0.3 is 5.11 Å². The van der Waals surface area contributed by atoms with Gasteiger partial charge in [-0.25, -0.2) is 0 Å². The molecule has 0 heterocycles. The van der Waals surface area contributed by atoms with Crippen LogP contribution in [-0.4, -0.2) is 10.9 Å². The van der Waals surface area contributed by atoms with Crippen LogP contribution in [0.15, 0.2) is 47.4 Å². The molecule has 0 bridgehead atoms. The molecular formula is C14H13ClOS. The van der Waals surface area contributed by atoms with Crippen molar-refractivity contribution in [1.82, 2.24) is 0 Å². The molecule has 0 radical (unpaired) electrons. The van der Waals surface area contributed by atoms with E-state index in [9.17, 15) is 5.11 Å². The van der Waals surface area contributed by atoms with E-state index in [0.717, 1.165) is 16.9 Å². The predicted molar refractivity (Wildman–Crippen MR) is 75.0 cm³/mol. The second-order valence-electron chi connectivity index (χ2n) is 3.62. The number of benzene rings is 2. The average molecular weight is 265 g/mol. The maximum atomic E-state index is 9.56. The summed E-state index contributed by atoms with van der Waals surface area (Å²) in [6, 6.07) is 13.6. The van der Waals surface area contributed by atoms with Crippen LogP contribution in [0, 0.1) is 0 Å². The van der Waals surface area contributed by atoms with Crippen molar-refractivity contribution >= 4 is 23.4 Å². The number of aromatic hydroxyl groups is 1. The lowest BCUT2D eigenvalue weighted by atomic mass is 10.1. The third kappa shape index (κ3) is 2.96. The van der Waals surface area contributed by atoms with Crippen molar-refractivity contribution in [3.8, 4) is 16.9 Å². The van der Waals surface area contributed by atoms with Crippen molar-refractivity contribution in [2.75, 3.05) is 5.75 Å². The molecule has 17 heavy (non-hydrogen) atoms. The number of hydrogen-bond acceptors (Lipinski definition) is 2. The molecule has 0 amide bonds. The first-order valence-electron chi connectivity index (χ1n) is 5.42. The first kappa shape index (κ1) is 12.3. The zero-order chi connectivity index (χ0) is 12.3. The predicted octanol–water partition coefficient (Wildman–Crippen LogP) is 4.82. The number of rotatable bonds is 3. The Hall–Kier alpha value is -1.12. The summed E-state index contributed by atoms with van der Waals surface area (Å²) in [5, 5.41) is 9.95. The molecule has 0 aliphatic rings. The fraction of sp³-hybridized carbons (Fsp3) is 0.143. The summed E-state index contributed by atoms with van der Waals surface area (Å²) in [4.78, 5) is 1.26. The van der Waals surface area contributed by atoms with Gasteiger partial charge in [-0.15, -0.1) is 11.8 Å². The summed E-state index contributed by atoms with van der Waals surface area (Å²) in [6.45, 7) is 2.13. The zero-order valence-electron chi connectivity index (χ0n) is 9.48. The molecule has 3 heteroatoms. The maximum absolute atomic E-state index is 9.56. The largest absolute Gasteiger partial charge is 0.506 e. The van der Waals surface area contributed by atoms with Crippen LogP contribution in [0.5, 0.6) is 5.75 Å². The summed E-state index contributed by atoms with van der Waals surface area (Å²) in [7, 11) is 0. The van der Waals surface area contributed by atoms with Gasteiger partial charge in [0, 0.05) is 4.90 Å². The molecule has 2 aromatic carbocycles. The minimum Gasteiger partial charge on any atom is -0.506 e. The van der Waals surface area contributed by atoms with E-state index in [1.807, 2.05) is 17.8 Å². The molecule has 0 saturated heterocycles. The minimum atomic E-state index is 0.121. The molecule has 1 nitrogen and oxygen atoms in total. The molecule has 0 fully saturated rings. The van der Waals surface area contributed by atoms with Crippen LogP contribution >= 0.6 is 23.4 Å². The average Bonchev–Trinajstić information content (AvgIpc) is 2.34. The fourth-order valence-electron chi connectivity index (χ4n) is 1.60. The van der Waals surface area contributed by atoms with Crippen molar-refractivity contribution < 1.29 is 5.11 Å². The van der Waals surface area contributed by atoms with E-state index in [1.165, 1.54) is 4.90 Å². The molecule has 2 aromatic rings. The Bertz CT molecular complexity index is 508. The summed E-state index contributed by atoms with van der Waals surface area (Å²) in [6.07, 6.45) is 0. The second-order valence-corrected chi connectivity index (χ2v) is 5.37. The van der Waals surface area contributed by atoms with Gasteiger partial charge in [0.25, 0.3) is 0 Å². The highest BCUT2D eigenvalue weighted by Gasteiger charge is 2.02. The van der Waals surface area contributed by atoms with Crippen LogP contribution in [0.1, 0.15) is 6.92 Å². The third-order valence-electron chi connectivity index (χ3n) is 2.44. The topological polar surface area (TPSA) is 20.2 Å². The summed E-state index contributed by atoms with van der Waals surface area (Å²) in [5.74, 6) is 1.19. The molecule has 2 rings (SSSR count). The molecule has 1 N–H and O–H groups in total. The molecular weight excluding hydrogens is 252 g/mol. The third-order valence-corrected chi connectivity index (χ3v) is 3.66. The van der Waals surface area contributed by atoms with Gasteiger partial charge in [0.2, 0.25) is 0 Å². The fourth-order valence-corrected chi connectivity index (χ4v) is 2.38. The number of hydrogen-bond donors (Lipinski definition) is 1. The minimum absolute atomic E-state index is 0.121. The number of phenolic OH excluding ortho intramolecular Hbond substituents is 1. The highest BCUT2D eigenvalue weighted by atomic mass is 35.5. The van der Waals surface area contributed by atoms with Gasteiger partial charge in [0.05, 0.1) is 5.02 Å². The molecule has 0 unspecified atom stereocenters. The highest BCUT2D eigenvalue weighted by molar-refractivity contribution is 7.99. The van der Waals surface area contributed by atoms with Crippen molar-refractivity contribution in [1.29, 1.82) is 0 Å². The van der Waals surface area contributed by atoms with Gasteiger partial charge >= 0.3 is 0 Å². The zero-order valence-corrected chi connectivity index (χ0v) is 11.1. The van der Waals surface area contributed by atoms with Gasteiger partial charge in [0.15, 0.2) is 0 Å². The van der Waals surface area contributed by atoms with Crippen molar-refractivity contribution in [2.45, 2.75) is 11.8 Å². The lowest BCUT2D eigenvalue weighted by molar-refractivity contribution is 0.476. The maximum Gasteiger partial charge on any atom is 0.134 e. The second kappa shape index (κ2) is 5.48. The molecule has 0 aromatic heterocycles. The molecule has 0 aliphatic carbocycles. The first-order valence-corrected chi connectivity index (χ1v) is 6.79. The van der Waals surface area contributed by atoms with Crippen LogP contribution in [0.2, 0.25) is 5.02 Å². The lowest BCUT2D eigenvalue weighted by Gasteiger charge is -2.05. The molecule has 0 saturated carbocycles. The Morgan fingerprint density at radius 3 is 2.29 bits per heavy atom. The standard InChI is InChI=1S/C14H13ClOS/c1-2-17-12-6-3-10(4-7-12)11-5-8-13(15)14(16)9-11/h3-9,16H,2H2,1H3. The molecule has 0 atom stereocenters. The van der Waals surface area contributed by atoms with Crippen LogP contribution in [0.4, 0.5) is 0 Å². The van der Waals surface area contributed by atoms with Gasteiger partial charge in [-0.05, 0) is 41.1 Å².